The maximum Gasteiger partial charge on any atom is 0.243 e. The first-order valence-electron chi connectivity index (χ1n) is 11.3. The number of hydrogen-bond donors (Lipinski definition) is 1. The minimum absolute atomic E-state index is 0.0739. The summed E-state index contributed by atoms with van der Waals surface area (Å²) in [7, 11) is 0.346. The number of carbonyl (C=O) groups is 1. The molecule has 3 unspecified atom stereocenters. The third-order valence-electron chi connectivity index (χ3n) is 6.13. The highest BCUT2D eigenvalue weighted by Gasteiger charge is 2.32. The molecule has 1 aliphatic heterocycles. The number of Topliss-reactive ketones (excluding diaryl/α,β-unsaturated/α-hetero) is 1. The van der Waals surface area contributed by atoms with Crippen LogP contribution in [-0.2, 0) is 10.0 Å². The predicted molar refractivity (Wildman–Crippen MR) is 133 cm³/mol. The van der Waals surface area contributed by atoms with Crippen molar-refractivity contribution in [1.82, 2.24) is 14.5 Å². The highest BCUT2D eigenvalue weighted by atomic mass is 35.5. The molecular weight excluding hydrogens is 458 g/mol. The molecule has 0 saturated carbocycles. The first-order chi connectivity index (χ1) is 15.6. The van der Waals surface area contributed by atoms with Gasteiger partial charge in [0.05, 0.1) is 11.4 Å². The molecule has 3 atom stereocenters. The maximum absolute atomic E-state index is 13.2. The van der Waals surface area contributed by atoms with E-state index in [1.807, 2.05) is 38.4 Å². The number of likely N-dealkylation sites (N-methyl/N-ethyl adjacent to an activating group) is 1. The second kappa shape index (κ2) is 11.1. The van der Waals surface area contributed by atoms with Gasteiger partial charge in [0, 0.05) is 36.3 Å². The second-order valence-corrected chi connectivity index (χ2v) is 11.8. The van der Waals surface area contributed by atoms with Gasteiger partial charge in [0.15, 0.2) is 5.78 Å². The van der Waals surface area contributed by atoms with E-state index in [0.29, 0.717) is 42.1 Å². The van der Waals surface area contributed by atoms with Crippen LogP contribution in [0.2, 0.25) is 5.02 Å². The minimum Gasteiger partial charge on any atom is -0.308 e. The quantitative estimate of drug-likeness (QED) is 0.535. The minimum atomic E-state index is -3.63. The van der Waals surface area contributed by atoms with Crippen molar-refractivity contribution in [2.45, 2.75) is 31.2 Å². The molecule has 33 heavy (non-hydrogen) atoms. The zero-order valence-corrected chi connectivity index (χ0v) is 21.4. The van der Waals surface area contributed by atoms with Crippen LogP contribution in [0.25, 0.3) is 0 Å². The molecule has 180 valence electrons. The summed E-state index contributed by atoms with van der Waals surface area (Å²) in [5.74, 6) is 0.506. The zero-order chi connectivity index (χ0) is 24.2. The van der Waals surface area contributed by atoms with Crippen molar-refractivity contribution in [2.24, 2.45) is 11.8 Å². The van der Waals surface area contributed by atoms with E-state index in [1.165, 1.54) is 6.07 Å². The third-order valence-corrected chi connectivity index (χ3v) is 8.21. The Hall–Kier alpha value is -1.77. The van der Waals surface area contributed by atoms with Crippen LogP contribution in [0.4, 0.5) is 0 Å². The Bertz CT molecular complexity index is 1050. The van der Waals surface area contributed by atoms with Crippen molar-refractivity contribution in [3.63, 3.8) is 0 Å². The second-order valence-electron chi connectivity index (χ2n) is 9.38. The molecule has 1 aliphatic rings. The average molecular weight is 492 g/mol. The zero-order valence-electron chi connectivity index (χ0n) is 19.8. The summed E-state index contributed by atoms with van der Waals surface area (Å²) in [6.07, 6.45) is 1.03. The molecule has 0 spiro atoms. The number of ketones is 1. The van der Waals surface area contributed by atoms with Gasteiger partial charge in [0.2, 0.25) is 10.0 Å². The molecule has 1 N–H and O–H groups in total. The van der Waals surface area contributed by atoms with Gasteiger partial charge in [-0.1, -0.05) is 49.7 Å². The number of sulfonamides is 1. The van der Waals surface area contributed by atoms with E-state index in [9.17, 15) is 13.2 Å². The highest BCUT2D eigenvalue weighted by Crippen LogP contribution is 2.27. The first kappa shape index (κ1) is 25.8. The predicted octanol–water partition coefficient (Wildman–Crippen LogP) is 4.08. The van der Waals surface area contributed by atoms with Crippen LogP contribution in [0.1, 0.15) is 42.2 Å². The molecule has 1 heterocycles. The Kier molecular flexibility index (Phi) is 8.70. The van der Waals surface area contributed by atoms with Crippen molar-refractivity contribution in [2.75, 3.05) is 40.3 Å². The Labute approximate surface area is 203 Å². The molecule has 2 aromatic carbocycles. The van der Waals surface area contributed by atoms with Crippen molar-refractivity contribution in [1.29, 1.82) is 0 Å². The Morgan fingerprint density at radius 2 is 1.76 bits per heavy atom. The maximum atomic E-state index is 13.2. The van der Waals surface area contributed by atoms with Crippen LogP contribution in [0.15, 0.2) is 53.4 Å². The summed E-state index contributed by atoms with van der Waals surface area (Å²) in [5.41, 5.74) is 1.50. The lowest BCUT2D eigenvalue weighted by atomic mass is 9.94. The van der Waals surface area contributed by atoms with Crippen LogP contribution in [0, 0.1) is 11.8 Å². The van der Waals surface area contributed by atoms with E-state index in [4.69, 9.17) is 11.6 Å². The van der Waals surface area contributed by atoms with E-state index in [1.54, 1.807) is 22.5 Å². The number of carbonyl (C=O) groups excluding carboxylic acids is 1. The van der Waals surface area contributed by atoms with E-state index < -0.39 is 10.0 Å². The topological polar surface area (TPSA) is 69.7 Å². The number of rotatable bonds is 9. The molecular formula is C25H34ClN3O3S. The van der Waals surface area contributed by atoms with Crippen molar-refractivity contribution in [3.05, 3.63) is 64.7 Å². The molecule has 8 heteroatoms. The Morgan fingerprint density at radius 3 is 2.36 bits per heavy atom. The fourth-order valence-electron chi connectivity index (χ4n) is 4.49. The van der Waals surface area contributed by atoms with Gasteiger partial charge < -0.3 is 10.2 Å². The van der Waals surface area contributed by atoms with Crippen LogP contribution >= 0.6 is 11.6 Å². The molecule has 0 radical (unpaired) electrons. The van der Waals surface area contributed by atoms with Gasteiger partial charge >= 0.3 is 0 Å². The lowest BCUT2D eigenvalue weighted by Crippen LogP contribution is -2.42. The van der Waals surface area contributed by atoms with Gasteiger partial charge in [0.1, 0.15) is 0 Å². The van der Waals surface area contributed by atoms with E-state index in [-0.39, 0.29) is 23.3 Å². The lowest BCUT2D eigenvalue weighted by molar-refractivity contribution is 0.0988. The lowest BCUT2D eigenvalue weighted by Gasteiger charge is -2.34. The molecule has 1 saturated heterocycles. The van der Waals surface area contributed by atoms with Gasteiger partial charge in [-0.3, -0.25) is 4.79 Å². The van der Waals surface area contributed by atoms with E-state index in [0.717, 1.165) is 12.0 Å². The fraction of sp³-hybridized carbons (Fsp3) is 0.480. The number of hydrogen-bond acceptors (Lipinski definition) is 5. The van der Waals surface area contributed by atoms with Crippen molar-refractivity contribution < 1.29 is 13.2 Å². The smallest absolute Gasteiger partial charge is 0.243 e. The average Bonchev–Trinajstić information content (AvgIpc) is 2.76. The summed E-state index contributed by atoms with van der Waals surface area (Å²) in [6, 6.07) is 14.1. The van der Waals surface area contributed by atoms with E-state index >= 15 is 0 Å². The normalized spacial score (nSPS) is 20.7. The fourth-order valence-corrected chi connectivity index (χ4v) is 6.34. The van der Waals surface area contributed by atoms with Gasteiger partial charge in [0.25, 0.3) is 0 Å². The molecule has 0 amide bonds. The molecule has 0 aliphatic carbocycles. The molecule has 1 fully saturated rings. The largest absolute Gasteiger partial charge is 0.308 e. The molecule has 0 bridgehead atoms. The third kappa shape index (κ3) is 6.64. The molecule has 6 nitrogen and oxygen atoms in total. The first-order valence-corrected chi connectivity index (χ1v) is 13.2. The monoisotopic (exact) mass is 491 g/mol. The van der Waals surface area contributed by atoms with E-state index in [2.05, 4.69) is 24.1 Å². The van der Waals surface area contributed by atoms with Crippen molar-refractivity contribution >= 4 is 27.4 Å². The van der Waals surface area contributed by atoms with Crippen LogP contribution in [-0.4, -0.2) is 63.7 Å². The molecule has 3 rings (SSSR count). The number of benzene rings is 2. The van der Waals surface area contributed by atoms with Gasteiger partial charge in [-0.25, -0.2) is 8.42 Å². The number of nitrogens with zero attached hydrogens (tertiary/aromatic N) is 2. The summed E-state index contributed by atoms with van der Waals surface area (Å²) < 4.78 is 27.9. The standard InChI is InChI=1S/C25H34ClN3O3S/c1-18-12-19(2)17-29(16-18)33(31,32)23-7-5-6-21(13-23)25(30)15-27-14-24(28(3)4)20-8-10-22(26)11-9-20/h5-11,13,18-19,24,27H,12,14-17H2,1-4H3. The highest BCUT2D eigenvalue weighted by molar-refractivity contribution is 7.89. The number of halogens is 1. The van der Waals surface area contributed by atoms with Crippen LogP contribution in [0.3, 0.4) is 0 Å². The van der Waals surface area contributed by atoms with Crippen LogP contribution in [0.5, 0.6) is 0 Å². The molecule has 2 aromatic rings. The van der Waals surface area contributed by atoms with Crippen LogP contribution < -0.4 is 5.32 Å². The summed E-state index contributed by atoms with van der Waals surface area (Å²) in [5, 5.41) is 3.91. The summed E-state index contributed by atoms with van der Waals surface area (Å²) in [6.45, 7) is 5.89. The summed E-state index contributed by atoms with van der Waals surface area (Å²) >= 11 is 6.00. The number of piperidine rings is 1. The summed E-state index contributed by atoms with van der Waals surface area (Å²) in [4.78, 5) is 15.1. The SMILES string of the molecule is CC1CC(C)CN(S(=O)(=O)c2cccc(C(=O)CNCC(c3ccc(Cl)cc3)N(C)C)c2)C1. The Morgan fingerprint density at radius 1 is 1.12 bits per heavy atom. The Balaban J connectivity index is 1.66. The molecule has 0 aromatic heterocycles. The van der Waals surface area contributed by atoms with Crippen molar-refractivity contribution in [3.8, 4) is 0 Å². The van der Waals surface area contributed by atoms with Gasteiger partial charge in [-0.15, -0.1) is 0 Å². The van der Waals surface area contributed by atoms with Gasteiger partial charge in [-0.05, 0) is 62.2 Å². The van der Waals surface area contributed by atoms with Gasteiger partial charge in [-0.2, -0.15) is 4.31 Å². The number of nitrogens with one attached hydrogen (secondary N) is 1.